The fourth-order valence-corrected chi connectivity index (χ4v) is 9.26. The standard InChI is InChI=1S/2C15H19Br2ClO3/c2*1-3-8(16)12-6-13-10(18)5-11(20-13)9(17)4-14-15(21-14)7(2)19-12/h2*1,7-15H,4-6H2,2H3/t2*7-,8+,9-,10+,11-,12+,13+,14+,15+/m00/s1. The van der Waals surface area contributed by atoms with E-state index in [1.807, 2.05) is 13.8 Å². The molecule has 0 aromatic carbocycles. The van der Waals surface area contributed by atoms with Crippen molar-refractivity contribution >= 4 is 86.9 Å². The molecular formula is C30H38Br4Cl2O6. The van der Waals surface area contributed by atoms with Gasteiger partial charge in [0.1, 0.15) is 21.9 Å². The van der Waals surface area contributed by atoms with Crippen LogP contribution in [0.1, 0.15) is 52.4 Å². The minimum atomic E-state index is -0.149. The van der Waals surface area contributed by atoms with Gasteiger partial charge in [0, 0.05) is 22.5 Å². The molecule has 0 N–H and O–H groups in total. The molecule has 6 saturated heterocycles. The molecule has 0 aromatic heterocycles. The van der Waals surface area contributed by atoms with Gasteiger partial charge in [0.15, 0.2) is 0 Å². The number of rotatable bonds is 2. The minimum absolute atomic E-state index is 0.00396. The van der Waals surface area contributed by atoms with Crippen LogP contribution in [-0.2, 0) is 28.4 Å². The van der Waals surface area contributed by atoms with Gasteiger partial charge < -0.3 is 28.4 Å². The summed E-state index contributed by atoms with van der Waals surface area (Å²) in [7, 11) is 0. The van der Waals surface area contributed by atoms with E-state index in [9.17, 15) is 0 Å². The quantitative estimate of drug-likeness (QED) is 0.180. The Morgan fingerprint density at radius 1 is 0.571 bits per heavy atom. The summed E-state index contributed by atoms with van der Waals surface area (Å²) in [6.07, 6.45) is 16.9. The molecule has 6 fully saturated rings. The van der Waals surface area contributed by atoms with E-state index in [1.54, 1.807) is 0 Å². The zero-order chi connectivity index (χ0) is 30.3. The zero-order valence-corrected chi connectivity index (χ0v) is 31.4. The molecule has 6 nitrogen and oxygen atoms in total. The van der Waals surface area contributed by atoms with Gasteiger partial charge in [-0.2, -0.15) is 0 Å². The van der Waals surface area contributed by atoms with Crippen molar-refractivity contribution in [2.24, 2.45) is 0 Å². The highest BCUT2D eigenvalue weighted by atomic mass is 79.9. The summed E-state index contributed by atoms with van der Waals surface area (Å²) >= 11 is 27.4. The fourth-order valence-electron chi connectivity index (χ4n) is 6.48. The summed E-state index contributed by atoms with van der Waals surface area (Å²) in [5.74, 6) is 5.42. The largest absolute Gasteiger partial charge is 0.372 e. The van der Waals surface area contributed by atoms with Gasteiger partial charge >= 0.3 is 0 Å². The van der Waals surface area contributed by atoms with Crippen molar-refractivity contribution in [3.05, 3.63) is 0 Å². The third-order valence-corrected chi connectivity index (χ3v) is 13.5. The number of hydrogen-bond acceptors (Lipinski definition) is 6. The molecular weight excluding hydrogens is 847 g/mol. The topological polar surface area (TPSA) is 62.0 Å². The highest BCUT2D eigenvalue weighted by Crippen LogP contribution is 2.42. The molecule has 0 aliphatic carbocycles. The van der Waals surface area contributed by atoms with Crippen molar-refractivity contribution in [3.63, 3.8) is 0 Å². The molecule has 0 aromatic rings. The monoisotopic (exact) mass is 880 g/mol. The van der Waals surface area contributed by atoms with Gasteiger partial charge in [-0.15, -0.1) is 36.0 Å². The molecule has 0 amide bonds. The molecule has 42 heavy (non-hydrogen) atoms. The number of alkyl halides is 6. The van der Waals surface area contributed by atoms with E-state index in [4.69, 9.17) is 64.5 Å². The van der Waals surface area contributed by atoms with Crippen LogP contribution in [0.4, 0.5) is 0 Å². The molecule has 236 valence electrons. The van der Waals surface area contributed by atoms with Crippen molar-refractivity contribution in [1.82, 2.24) is 0 Å². The predicted molar refractivity (Wildman–Crippen MR) is 179 cm³/mol. The van der Waals surface area contributed by atoms with Gasteiger partial charge in [-0.05, 0) is 39.5 Å². The summed E-state index contributed by atoms with van der Waals surface area (Å²) in [6.45, 7) is 4.10. The lowest BCUT2D eigenvalue weighted by Crippen LogP contribution is -2.35. The summed E-state index contributed by atoms with van der Waals surface area (Å²) in [4.78, 5) is 0.248. The van der Waals surface area contributed by atoms with E-state index in [2.05, 4.69) is 75.6 Å². The van der Waals surface area contributed by atoms with Gasteiger partial charge in [0.2, 0.25) is 0 Å². The Balaban J connectivity index is 0.000000168. The number of terminal acetylenes is 2. The Bertz CT molecular complexity index is 937. The summed E-state index contributed by atoms with van der Waals surface area (Å²) in [5.41, 5.74) is 0. The van der Waals surface area contributed by atoms with E-state index >= 15 is 0 Å². The SMILES string of the molecule is C#C[C@@H](Br)[C@H]1C[C@H]2O[C@@H](C[C@H]2Cl)[C@@H](Br)C[C@H]2O[C@@H]2[C@H](C)O1.C#C[C@@H](Br)[C@H]1C[C@H]2O[C@@H](C[C@H]2Cl)[C@@H](Br)C[C@H]2O[C@@H]2[C@H](C)O1. The van der Waals surface area contributed by atoms with Gasteiger partial charge in [-0.1, -0.05) is 75.6 Å². The first-order chi connectivity index (χ1) is 20.0. The van der Waals surface area contributed by atoms with E-state index in [1.165, 1.54) is 0 Å². The van der Waals surface area contributed by atoms with Crippen molar-refractivity contribution in [2.75, 3.05) is 0 Å². The lowest BCUT2D eigenvalue weighted by molar-refractivity contribution is -0.0454. The molecule has 6 heterocycles. The Morgan fingerprint density at radius 2 is 0.952 bits per heavy atom. The highest BCUT2D eigenvalue weighted by Gasteiger charge is 2.51. The maximum absolute atomic E-state index is 6.47. The highest BCUT2D eigenvalue weighted by molar-refractivity contribution is 9.10. The third-order valence-electron chi connectivity index (χ3n) is 8.99. The normalized spacial score (nSPS) is 51.4. The summed E-state index contributed by atoms with van der Waals surface area (Å²) in [6, 6.07) is 0. The van der Waals surface area contributed by atoms with Crippen LogP contribution in [0.2, 0.25) is 0 Å². The average Bonchev–Trinajstić information content (AvgIpc) is 3.84. The fraction of sp³-hybridized carbons (Fsp3) is 0.867. The Morgan fingerprint density at radius 3 is 1.31 bits per heavy atom. The Labute approximate surface area is 293 Å². The smallest absolute Gasteiger partial charge is 0.110 e. The van der Waals surface area contributed by atoms with Crippen LogP contribution < -0.4 is 0 Å². The first kappa shape index (κ1) is 34.7. The molecule has 18 atom stereocenters. The van der Waals surface area contributed by atoms with E-state index in [-0.39, 0.29) is 103 Å². The third kappa shape index (κ3) is 8.45. The molecule has 6 aliphatic rings. The second-order valence-corrected chi connectivity index (χ2v) is 17.5. The number of ether oxygens (including phenoxy) is 6. The van der Waals surface area contributed by atoms with Crippen LogP contribution >= 0.6 is 86.9 Å². The lowest BCUT2D eigenvalue weighted by atomic mass is 10.0. The molecule has 0 saturated carbocycles. The number of hydrogen-bond donors (Lipinski definition) is 0. The Hall–Kier alpha value is 1.38. The van der Waals surface area contributed by atoms with Gasteiger partial charge in [0.05, 0.1) is 71.8 Å². The second-order valence-electron chi connectivity index (χ2n) is 12.1. The maximum atomic E-state index is 6.47. The first-order valence-corrected chi connectivity index (χ1v) is 19.2. The van der Waals surface area contributed by atoms with Crippen LogP contribution in [0.3, 0.4) is 0 Å². The number of halogens is 6. The molecule has 0 spiro atoms. The second kappa shape index (κ2) is 15.1. The van der Waals surface area contributed by atoms with E-state index < -0.39 is 0 Å². The van der Waals surface area contributed by atoms with Crippen LogP contribution in [0, 0.1) is 24.7 Å². The van der Waals surface area contributed by atoms with Gasteiger partial charge in [-0.25, -0.2) is 0 Å². The summed E-state index contributed by atoms with van der Waals surface area (Å²) in [5, 5.41) is 0.00792. The predicted octanol–water partition coefficient (Wildman–Crippen LogP) is 6.49. The number of epoxide rings is 2. The molecule has 4 bridgehead atoms. The lowest BCUT2D eigenvalue weighted by Gasteiger charge is -2.26. The maximum Gasteiger partial charge on any atom is 0.110 e. The minimum Gasteiger partial charge on any atom is -0.372 e. The molecule has 0 radical (unpaired) electrons. The van der Waals surface area contributed by atoms with E-state index in [0.717, 1.165) is 25.7 Å². The summed E-state index contributed by atoms with van der Waals surface area (Å²) < 4.78 is 36.1. The van der Waals surface area contributed by atoms with Crippen molar-refractivity contribution < 1.29 is 28.4 Å². The van der Waals surface area contributed by atoms with Gasteiger partial charge in [-0.3, -0.25) is 0 Å². The molecule has 12 heteroatoms. The van der Waals surface area contributed by atoms with Crippen molar-refractivity contribution in [2.45, 2.75) is 156 Å². The first-order valence-electron chi connectivity index (χ1n) is 14.7. The van der Waals surface area contributed by atoms with Crippen LogP contribution in [0.15, 0.2) is 0 Å². The van der Waals surface area contributed by atoms with Crippen molar-refractivity contribution in [3.8, 4) is 24.7 Å². The Kier molecular flexibility index (Phi) is 12.5. The van der Waals surface area contributed by atoms with Crippen LogP contribution in [-0.4, -0.2) is 103 Å². The van der Waals surface area contributed by atoms with Crippen molar-refractivity contribution in [1.29, 1.82) is 0 Å². The molecule has 6 aliphatic heterocycles. The van der Waals surface area contributed by atoms with Crippen LogP contribution in [0.5, 0.6) is 0 Å². The van der Waals surface area contributed by atoms with Crippen LogP contribution in [0.25, 0.3) is 0 Å². The molecule has 6 rings (SSSR count). The molecule has 0 unspecified atom stereocenters. The average molecular weight is 885 g/mol. The number of fused-ring (bicyclic) bond motifs is 6. The zero-order valence-electron chi connectivity index (χ0n) is 23.5. The van der Waals surface area contributed by atoms with E-state index in [0.29, 0.717) is 12.8 Å². The van der Waals surface area contributed by atoms with Gasteiger partial charge in [0.25, 0.3) is 0 Å².